The van der Waals surface area contributed by atoms with Crippen LogP contribution < -0.4 is 11.1 Å². The number of fused-ring (bicyclic) bond motifs is 2. The number of carbonyl (C=O) groups excluding carboxylic acids is 1. The third kappa shape index (κ3) is 2.71. The van der Waals surface area contributed by atoms with E-state index in [1.54, 1.807) is 12.1 Å². The Labute approximate surface area is 132 Å². The average molecular weight is 364 g/mol. The van der Waals surface area contributed by atoms with Crippen molar-refractivity contribution in [3.05, 3.63) is 28.5 Å². The monoisotopic (exact) mass is 362 g/mol. The van der Waals surface area contributed by atoms with Crippen LogP contribution in [0, 0.1) is 23.6 Å². The zero-order valence-electron chi connectivity index (χ0n) is 10.8. The van der Waals surface area contributed by atoms with Crippen LogP contribution >= 0.6 is 28.3 Å². The number of amides is 1. The van der Waals surface area contributed by atoms with Crippen molar-refractivity contribution in [1.82, 2.24) is 0 Å². The third-order valence-corrected chi connectivity index (χ3v) is 4.96. The Morgan fingerprint density at radius 1 is 1.35 bits per heavy atom. The molecule has 0 heterocycles. The lowest BCUT2D eigenvalue weighted by Crippen LogP contribution is -2.42. The molecule has 2 bridgehead atoms. The highest BCUT2D eigenvalue weighted by Crippen LogP contribution is 2.47. The minimum atomic E-state index is -0.423. The van der Waals surface area contributed by atoms with E-state index in [0.717, 1.165) is 23.7 Å². The van der Waals surface area contributed by atoms with Gasteiger partial charge in [0.1, 0.15) is 5.82 Å². The van der Waals surface area contributed by atoms with Gasteiger partial charge < -0.3 is 11.1 Å². The maximum Gasteiger partial charge on any atom is 0.229 e. The molecule has 2 saturated carbocycles. The van der Waals surface area contributed by atoms with Gasteiger partial charge in [-0.3, -0.25) is 4.79 Å². The standard InChI is InChI=1S/C14H16BrFN2O.ClH/c15-9-3-4-10(16)11(6-9)18-14(19)12-7-1-2-8(5-7)13(12)17;/h3-4,6-8,12-13H,1-2,5,17H2,(H,18,19);1H. The molecule has 2 fully saturated rings. The fourth-order valence-electron chi connectivity index (χ4n) is 3.53. The van der Waals surface area contributed by atoms with Crippen molar-refractivity contribution in [2.45, 2.75) is 25.3 Å². The lowest BCUT2D eigenvalue weighted by Gasteiger charge is -2.27. The van der Waals surface area contributed by atoms with Crippen LogP contribution in [0.4, 0.5) is 10.1 Å². The maximum absolute atomic E-state index is 13.6. The number of hydrogen-bond acceptors (Lipinski definition) is 2. The normalized spacial score (nSPS) is 30.9. The average Bonchev–Trinajstić information content (AvgIpc) is 2.94. The van der Waals surface area contributed by atoms with Gasteiger partial charge >= 0.3 is 0 Å². The number of benzene rings is 1. The van der Waals surface area contributed by atoms with Crippen molar-refractivity contribution in [3.8, 4) is 0 Å². The number of nitrogens with one attached hydrogen (secondary N) is 1. The Balaban J connectivity index is 0.00000147. The molecule has 20 heavy (non-hydrogen) atoms. The summed E-state index contributed by atoms with van der Waals surface area (Å²) in [6.45, 7) is 0. The van der Waals surface area contributed by atoms with Gasteiger partial charge in [-0.2, -0.15) is 0 Å². The molecule has 0 radical (unpaired) electrons. The number of carbonyl (C=O) groups is 1. The summed E-state index contributed by atoms with van der Waals surface area (Å²) in [5.41, 5.74) is 6.34. The Morgan fingerprint density at radius 3 is 2.70 bits per heavy atom. The summed E-state index contributed by atoms with van der Waals surface area (Å²) < 4.78 is 14.4. The van der Waals surface area contributed by atoms with Crippen LogP contribution in [0.5, 0.6) is 0 Å². The highest BCUT2D eigenvalue weighted by atomic mass is 79.9. The fourth-order valence-corrected chi connectivity index (χ4v) is 3.90. The van der Waals surface area contributed by atoms with E-state index in [4.69, 9.17) is 5.73 Å². The van der Waals surface area contributed by atoms with E-state index in [0.29, 0.717) is 11.8 Å². The molecular weight excluding hydrogens is 347 g/mol. The first-order valence-corrected chi connectivity index (χ1v) is 7.37. The molecule has 110 valence electrons. The first-order valence-electron chi connectivity index (χ1n) is 6.58. The molecule has 4 unspecified atom stereocenters. The zero-order valence-corrected chi connectivity index (χ0v) is 13.2. The molecule has 0 spiro atoms. The number of rotatable bonds is 2. The van der Waals surface area contributed by atoms with Gasteiger partial charge in [-0.05, 0) is 49.3 Å². The molecule has 1 aromatic rings. The minimum Gasteiger partial charge on any atom is -0.327 e. The molecule has 3 rings (SSSR count). The Kier molecular flexibility index (Phi) is 4.72. The smallest absolute Gasteiger partial charge is 0.229 e. The number of halogens is 3. The first kappa shape index (κ1) is 15.7. The summed E-state index contributed by atoms with van der Waals surface area (Å²) in [6.07, 6.45) is 3.23. The highest BCUT2D eigenvalue weighted by Gasteiger charge is 2.49. The van der Waals surface area contributed by atoms with Crippen LogP contribution in [0.2, 0.25) is 0 Å². The number of nitrogens with two attached hydrogens (primary N) is 1. The van der Waals surface area contributed by atoms with Gasteiger partial charge in [0.2, 0.25) is 5.91 Å². The Hall–Kier alpha value is -0.650. The Morgan fingerprint density at radius 2 is 2.05 bits per heavy atom. The molecule has 2 aliphatic rings. The van der Waals surface area contributed by atoms with E-state index in [1.165, 1.54) is 6.07 Å². The van der Waals surface area contributed by atoms with Crippen LogP contribution in [-0.2, 0) is 4.79 Å². The van der Waals surface area contributed by atoms with Gasteiger partial charge in [0.25, 0.3) is 0 Å². The van der Waals surface area contributed by atoms with E-state index in [-0.39, 0.29) is 36.0 Å². The number of hydrogen-bond donors (Lipinski definition) is 2. The van der Waals surface area contributed by atoms with E-state index in [1.807, 2.05) is 0 Å². The van der Waals surface area contributed by atoms with E-state index >= 15 is 0 Å². The van der Waals surface area contributed by atoms with Crippen molar-refractivity contribution in [3.63, 3.8) is 0 Å². The summed E-state index contributed by atoms with van der Waals surface area (Å²) in [6, 6.07) is 4.44. The summed E-state index contributed by atoms with van der Waals surface area (Å²) >= 11 is 3.27. The molecule has 3 nitrogen and oxygen atoms in total. The van der Waals surface area contributed by atoms with Crippen molar-refractivity contribution in [2.24, 2.45) is 23.5 Å². The summed E-state index contributed by atoms with van der Waals surface area (Å²) in [5, 5.41) is 2.68. The van der Waals surface area contributed by atoms with Crippen LogP contribution in [0.25, 0.3) is 0 Å². The van der Waals surface area contributed by atoms with Gasteiger partial charge in [0, 0.05) is 10.5 Å². The predicted octanol–water partition coefficient (Wildman–Crippen LogP) is 3.32. The first-order chi connectivity index (χ1) is 9.06. The minimum absolute atomic E-state index is 0. The van der Waals surface area contributed by atoms with Gasteiger partial charge in [-0.25, -0.2) is 4.39 Å². The summed E-state index contributed by atoms with van der Waals surface area (Å²) in [5.74, 6) is 0.102. The van der Waals surface area contributed by atoms with E-state index in [9.17, 15) is 9.18 Å². The molecule has 6 heteroatoms. The largest absolute Gasteiger partial charge is 0.327 e. The summed E-state index contributed by atoms with van der Waals surface area (Å²) in [4.78, 5) is 12.3. The van der Waals surface area contributed by atoms with Crippen LogP contribution in [0.15, 0.2) is 22.7 Å². The topological polar surface area (TPSA) is 55.1 Å². The fraction of sp³-hybridized carbons (Fsp3) is 0.500. The Bertz CT molecular complexity index is 526. The lowest BCUT2D eigenvalue weighted by atomic mass is 9.84. The highest BCUT2D eigenvalue weighted by molar-refractivity contribution is 9.10. The molecular formula is C14H17BrClFN2O. The molecule has 1 amide bonds. The van der Waals surface area contributed by atoms with Gasteiger partial charge in [0.15, 0.2) is 0 Å². The van der Waals surface area contributed by atoms with Crippen molar-refractivity contribution in [2.75, 3.05) is 5.32 Å². The van der Waals surface area contributed by atoms with E-state index in [2.05, 4.69) is 21.2 Å². The molecule has 1 aromatic carbocycles. The van der Waals surface area contributed by atoms with Crippen LogP contribution in [-0.4, -0.2) is 11.9 Å². The van der Waals surface area contributed by atoms with Crippen molar-refractivity contribution in [1.29, 1.82) is 0 Å². The predicted molar refractivity (Wildman–Crippen MR) is 82.3 cm³/mol. The van der Waals surface area contributed by atoms with Gasteiger partial charge in [-0.15, -0.1) is 12.4 Å². The molecule has 0 saturated heterocycles. The zero-order chi connectivity index (χ0) is 13.6. The second-order valence-electron chi connectivity index (χ2n) is 5.55. The van der Waals surface area contributed by atoms with Crippen molar-refractivity contribution >= 4 is 39.9 Å². The molecule has 0 aromatic heterocycles. The molecule has 0 aliphatic heterocycles. The van der Waals surface area contributed by atoms with Gasteiger partial charge in [0.05, 0.1) is 11.6 Å². The van der Waals surface area contributed by atoms with Crippen LogP contribution in [0.1, 0.15) is 19.3 Å². The SMILES string of the molecule is Cl.NC1C2CCC(C2)C1C(=O)Nc1cc(Br)ccc1F. The second-order valence-corrected chi connectivity index (χ2v) is 6.47. The van der Waals surface area contributed by atoms with Crippen molar-refractivity contribution < 1.29 is 9.18 Å². The molecule has 2 aliphatic carbocycles. The summed E-state index contributed by atoms with van der Waals surface area (Å²) in [7, 11) is 0. The maximum atomic E-state index is 13.6. The quantitative estimate of drug-likeness (QED) is 0.847. The van der Waals surface area contributed by atoms with Gasteiger partial charge in [-0.1, -0.05) is 15.9 Å². The lowest BCUT2D eigenvalue weighted by molar-refractivity contribution is -0.121. The number of anilines is 1. The third-order valence-electron chi connectivity index (χ3n) is 4.47. The van der Waals surface area contributed by atoms with Crippen LogP contribution in [0.3, 0.4) is 0 Å². The molecule has 4 atom stereocenters. The van der Waals surface area contributed by atoms with E-state index < -0.39 is 5.82 Å². The molecule has 3 N–H and O–H groups in total. The second kappa shape index (κ2) is 6.00.